The molecule has 0 aliphatic heterocycles. The molecule has 4 nitrogen and oxygen atoms in total. The summed E-state index contributed by atoms with van der Waals surface area (Å²) in [5, 5.41) is 0. The molecule has 0 aliphatic rings. The number of hydrogen-bond acceptors (Lipinski definition) is 4. The Morgan fingerprint density at radius 2 is 2.55 bits per heavy atom. The van der Waals surface area contributed by atoms with Crippen LogP contribution in [0.4, 0.5) is 0 Å². The van der Waals surface area contributed by atoms with E-state index in [0.29, 0.717) is 13.0 Å². The summed E-state index contributed by atoms with van der Waals surface area (Å²) in [7, 11) is 0. The Balaban J connectivity index is 2.45. The zero-order valence-corrected chi connectivity index (χ0v) is 5.90. The van der Waals surface area contributed by atoms with E-state index in [4.69, 9.17) is 0 Å². The van der Waals surface area contributed by atoms with Crippen LogP contribution in [0, 0.1) is 0 Å². The van der Waals surface area contributed by atoms with E-state index < -0.39 is 0 Å². The van der Waals surface area contributed by atoms with Gasteiger partial charge in [-0.3, -0.25) is 0 Å². The highest BCUT2D eigenvalue weighted by Gasteiger charge is 1.89. The maximum Gasteiger partial charge on any atom is 0.234 e. The molecule has 0 N–H and O–H groups in total. The van der Waals surface area contributed by atoms with Gasteiger partial charge in [0.15, 0.2) is 0 Å². The smallest absolute Gasteiger partial charge is 0.234 e. The van der Waals surface area contributed by atoms with Crippen LogP contribution in [0.3, 0.4) is 0 Å². The van der Waals surface area contributed by atoms with Crippen molar-refractivity contribution in [3.63, 3.8) is 0 Å². The topological polar surface area (TPSA) is 55.2 Å². The van der Waals surface area contributed by atoms with Crippen molar-refractivity contribution in [3.05, 3.63) is 24.3 Å². The minimum Gasteiger partial charge on any atom is -0.245 e. The third kappa shape index (κ3) is 2.69. The first-order chi connectivity index (χ1) is 5.43. The molecule has 0 aromatic carbocycles. The maximum absolute atomic E-state index is 9.67. The third-order valence-electron chi connectivity index (χ3n) is 1.19. The lowest BCUT2D eigenvalue weighted by Gasteiger charge is -1.92. The van der Waals surface area contributed by atoms with Crippen LogP contribution >= 0.6 is 0 Å². The van der Waals surface area contributed by atoms with E-state index in [-0.39, 0.29) is 0 Å². The largest absolute Gasteiger partial charge is 0.245 e. The quantitative estimate of drug-likeness (QED) is 0.460. The molecule has 0 aliphatic carbocycles. The summed E-state index contributed by atoms with van der Waals surface area (Å²) in [5.41, 5.74) is 0.888. The summed E-state index contributed by atoms with van der Waals surface area (Å²) in [6, 6.07) is 1.79. The van der Waals surface area contributed by atoms with Gasteiger partial charge in [0.25, 0.3) is 0 Å². The number of rotatable bonds is 3. The van der Waals surface area contributed by atoms with Gasteiger partial charge in [0, 0.05) is 18.3 Å². The van der Waals surface area contributed by atoms with Crippen molar-refractivity contribution in [3.8, 4) is 0 Å². The van der Waals surface area contributed by atoms with Crippen molar-refractivity contribution in [2.24, 2.45) is 4.99 Å². The van der Waals surface area contributed by atoms with E-state index in [9.17, 15) is 4.79 Å². The Labute approximate surface area is 64.0 Å². The lowest BCUT2D eigenvalue weighted by Crippen LogP contribution is -1.92. The standard InChI is InChI=1S/C7H7N3O/c11-6-9-4-2-7-1-3-8-5-10-7/h1,3,5H,2,4H2. The molecule has 0 saturated carbocycles. The first-order valence-corrected chi connectivity index (χ1v) is 3.22. The van der Waals surface area contributed by atoms with Gasteiger partial charge in [-0.1, -0.05) is 0 Å². The molecule has 1 aromatic rings. The van der Waals surface area contributed by atoms with Crippen molar-refractivity contribution in [1.82, 2.24) is 9.97 Å². The number of hydrogen-bond donors (Lipinski definition) is 0. The molecule has 0 fully saturated rings. The van der Waals surface area contributed by atoms with Gasteiger partial charge in [0.1, 0.15) is 6.33 Å². The molecule has 11 heavy (non-hydrogen) atoms. The Morgan fingerprint density at radius 1 is 1.64 bits per heavy atom. The first-order valence-electron chi connectivity index (χ1n) is 3.22. The van der Waals surface area contributed by atoms with Crippen molar-refractivity contribution in [1.29, 1.82) is 0 Å². The first kappa shape index (κ1) is 7.57. The average molecular weight is 149 g/mol. The van der Waals surface area contributed by atoms with Gasteiger partial charge >= 0.3 is 0 Å². The Morgan fingerprint density at radius 3 is 3.18 bits per heavy atom. The molecule has 1 rings (SSSR count). The van der Waals surface area contributed by atoms with Crippen LogP contribution in [0.1, 0.15) is 5.69 Å². The molecule has 0 saturated heterocycles. The highest BCUT2D eigenvalue weighted by molar-refractivity contribution is 5.32. The minimum absolute atomic E-state index is 0.445. The van der Waals surface area contributed by atoms with Gasteiger partial charge < -0.3 is 0 Å². The predicted octanol–water partition coefficient (Wildman–Crippen LogP) is 0.355. The summed E-state index contributed by atoms with van der Waals surface area (Å²) >= 11 is 0. The molecule has 56 valence electrons. The van der Waals surface area contributed by atoms with E-state index >= 15 is 0 Å². The lowest BCUT2D eigenvalue weighted by atomic mass is 10.3. The molecule has 0 atom stereocenters. The second-order valence-electron chi connectivity index (χ2n) is 1.92. The fourth-order valence-electron chi connectivity index (χ4n) is 0.682. The van der Waals surface area contributed by atoms with E-state index in [1.807, 2.05) is 0 Å². The summed E-state index contributed by atoms with van der Waals surface area (Å²) in [4.78, 5) is 20.8. The fraction of sp³-hybridized carbons (Fsp3) is 0.286. The molecule has 4 heteroatoms. The minimum atomic E-state index is 0.445. The van der Waals surface area contributed by atoms with Crippen molar-refractivity contribution >= 4 is 6.08 Å². The van der Waals surface area contributed by atoms with Crippen molar-refractivity contribution < 1.29 is 4.79 Å². The molecule has 0 unspecified atom stereocenters. The van der Waals surface area contributed by atoms with E-state index in [1.165, 1.54) is 12.4 Å². The van der Waals surface area contributed by atoms with Gasteiger partial charge in [-0.2, -0.15) is 0 Å². The normalized spacial score (nSPS) is 8.73. The Bertz CT molecular complexity index is 254. The Hall–Kier alpha value is -1.54. The monoisotopic (exact) mass is 149 g/mol. The Kier molecular flexibility index (Phi) is 2.96. The molecule has 0 radical (unpaired) electrons. The van der Waals surface area contributed by atoms with Gasteiger partial charge in [0.2, 0.25) is 6.08 Å². The van der Waals surface area contributed by atoms with Gasteiger partial charge in [-0.25, -0.2) is 19.8 Å². The highest BCUT2D eigenvalue weighted by Crippen LogP contribution is 1.91. The van der Waals surface area contributed by atoms with Gasteiger partial charge in [-0.15, -0.1) is 0 Å². The average Bonchev–Trinajstić information content (AvgIpc) is 2.07. The van der Waals surface area contributed by atoms with E-state index in [1.54, 1.807) is 12.3 Å². The molecule has 1 heterocycles. The predicted molar refractivity (Wildman–Crippen MR) is 38.7 cm³/mol. The number of aliphatic imine (C=N–C) groups is 1. The second-order valence-corrected chi connectivity index (χ2v) is 1.92. The molecular formula is C7H7N3O. The number of isocyanates is 1. The molecule has 1 aromatic heterocycles. The van der Waals surface area contributed by atoms with Crippen LogP contribution in [0.2, 0.25) is 0 Å². The van der Waals surface area contributed by atoms with Crippen LogP contribution in [0.15, 0.2) is 23.6 Å². The molecule has 0 bridgehead atoms. The number of nitrogens with zero attached hydrogens (tertiary/aromatic N) is 3. The zero-order valence-electron chi connectivity index (χ0n) is 5.90. The van der Waals surface area contributed by atoms with Crippen LogP contribution in [0.25, 0.3) is 0 Å². The number of aromatic nitrogens is 2. The second kappa shape index (κ2) is 4.30. The molecule has 0 spiro atoms. The number of carbonyl (C=O) groups excluding carboxylic acids is 1. The van der Waals surface area contributed by atoms with Crippen LogP contribution in [-0.4, -0.2) is 22.6 Å². The van der Waals surface area contributed by atoms with E-state index in [0.717, 1.165) is 5.69 Å². The highest BCUT2D eigenvalue weighted by atomic mass is 16.1. The molecular weight excluding hydrogens is 142 g/mol. The van der Waals surface area contributed by atoms with E-state index in [2.05, 4.69) is 15.0 Å². The van der Waals surface area contributed by atoms with Crippen LogP contribution < -0.4 is 0 Å². The SMILES string of the molecule is O=C=NCCc1ccncn1. The lowest BCUT2D eigenvalue weighted by molar-refractivity contribution is 0.563. The van der Waals surface area contributed by atoms with Gasteiger partial charge in [0.05, 0.1) is 6.54 Å². The van der Waals surface area contributed by atoms with Crippen LogP contribution in [-0.2, 0) is 11.2 Å². The van der Waals surface area contributed by atoms with Crippen molar-refractivity contribution in [2.75, 3.05) is 6.54 Å². The molecule has 0 amide bonds. The summed E-state index contributed by atoms with van der Waals surface area (Å²) in [6.07, 6.45) is 5.27. The fourth-order valence-corrected chi connectivity index (χ4v) is 0.682. The zero-order chi connectivity index (χ0) is 7.94. The summed E-state index contributed by atoms with van der Waals surface area (Å²) in [6.45, 7) is 0.445. The van der Waals surface area contributed by atoms with Crippen LogP contribution in [0.5, 0.6) is 0 Å². The van der Waals surface area contributed by atoms with Crippen molar-refractivity contribution in [2.45, 2.75) is 6.42 Å². The third-order valence-corrected chi connectivity index (χ3v) is 1.19. The van der Waals surface area contributed by atoms with Gasteiger partial charge in [-0.05, 0) is 6.07 Å². The maximum atomic E-state index is 9.67. The summed E-state index contributed by atoms with van der Waals surface area (Å²) in [5.74, 6) is 0. The summed E-state index contributed by atoms with van der Waals surface area (Å²) < 4.78 is 0.